The smallest absolute Gasteiger partial charge is 0.267 e. The van der Waals surface area contributed by atoms with Crippen LogP contribution in [0.15, 0.2) is 84.2 Å². The number of halogens is 1. The molecule has 1 atom stereocenters. The number of hydrogen-bond donors (Lipinski definition) is 0. The minimum atomic E-state index is -0.206. The Morgan fingerprint density at radius 2 is 1.77 bits per heavy atom. The maximum atomic E-state index is 13.1. The Bertz CT molecular complexity index is 957. The van der Waals surface area contributed by atoms with Gasteiger partial charge in [-0.15, -0.1) is 0 Å². The topological polar surface area (TPSA) is 45.6 Å². The van der Waals surface area contributed by atoms with Crippen molar-refractivity contribution in [3.8, 4) is 0 Å². The molecule has 0 saturated heterocycles. The number of benzene rings is 2. The fourth-order valence-corrected chi connectivity index (χ4v) is 3.35. The zero-order valence-corrected chi connectivity index (χ0v) is 14.7. The van der Waals surface area contributed by atoms with Crippen molar-refractivity contribution in [1.82, 2.24) is 9.99 Å². The third-order valence-electron chi connectivity index (χ3n) is 4.39. The molecular formula is C21H16ClN3O. The van der Waals surface area contributed by atoms with Crippen molar-refractivity contribution in [2.24, 2.45) is 5.10 Å². The van der Waals surface area contributed by atoms with Crippen LogP contribution in [0.4, 0.5) is 0 Å². The molecule has 0 radical (unpaired) electrons. The first-order chi connectivity index (χ1) is 12.7. The summed E-state index contributed by atoms with van der Waals surface area (Å²) in [6, 6.07) is 20.4. The highest BCUT2D eigenvalue weighted by Gasteiger charge is 2.34. The zero-order valence-electron chi connectivity index (χ0n) is 13.9. The number of amides is 1. The van der Waals surface area contributed by atoms with Crippen LogP contribution >= 0.6 is 11.6 Å². The highest BCUT2D eigenvalue weighted by atomic mass is 35.5. The summed E-state index contributed by atoms with van der Waals surface area (Å²) in [4.78, 5) is 17.3. The van der Waals surface area contributed by atoms with Gasteiger partial charge in [0.1, 0.15) is 0 Å². The molecule has 0 bridgehead atoms. The molecule has 4 nitrogen and oxygen atoms in total. The number of pyridine rings is 1. The lowest BCUT2D eigenvalue weighted by molar-refractivity contribution is 0.0711. The van der Waals surface area contributed by atoms with E-state index in [9.17, 15) is 4.79 Å². The molecule has 0 N–H and O–H groups in total. The van der Waals surface area contributed by atoms with Crippen LogP contribution in [-0.2, 0) is 0 Å². The number of carbonyl (C=O) groups is 1. The Balaban J connectivity index is 1.75. The normalized spacial score (nSPS) is 16.4. The molecule has 0 saturated carbocycles. The van der Waals surface area contributed by atoms with E-state index in [1.807, 2.05) is 54.6 Å². The van der Waals surface area contributed by atoms with E-state index in [0.717, 1.165) is 16.8 Å². The Hall–Kier alpha value is -2.98. The van der Waals surface area contributed by atoms with Crippen molar-refractivity contribution in [3.05, 3.63) is 101 Å². The highest BCUT2D eigenvalue weighted by molar-refractivity contribution is 6.34. The quantitative estimate of drug-likeness (QED) is 0.677. The second-order valence-corrected chi connectivity index (χ2v) is 6.46. The molecule has 5 heteroatoms. The number of hydrazone groups is 1. The summed E-state index contributed by atoms with van der Waals surface area (Å²) >= 11 is 6.35. The van der Waals surface area contributed by atoms with Gasteiger partial charge in [-0.3, -0.25) is 9.78 Å². The Morgan fingerprint density at radius 3 is 2.50 bits per heavy atom. The molecular weight excluding hydrogens is 346 g/mol. The zero-order chi connectivity index (χ0) is 17.9. The molecule has 1 amide bonds. The lowest BCUT2D eigenvalue weighted by Gasteiger charge is -2.21. The molecule has 0 aliphatic carbocycles. The lowest BCUT2D eigenvalue weighted by atomic mass is 9.99. The predicted octanol–water partition coefficient (Wildman–Crippen LogP) is 4.73. The van der Waals surface area contributed by atoms with Crippen LogP contribution in [0, 0.1) is 0 Å². The Kier molecular flexibility index (Phi) is 4.50. The van der Waals surface area contributed by atoms with Gasteiger partial charge in [-0.1, -0.05) is 54.1 Å². The van der Waals surface area contributed by atoms with Gasteiger partial charge in [-0.2, -0.15) is 5.10 Å². The van der Waals surface area contributed by atoms with Gasteiger partial charge in [0.25, 0.3) is 5.91 Å². The summed E-state index contributed by atoms with van der Waals surface area (Å²) in [6.45, 7) is 0. The number of carbonyl (C=O) groups excluding carboxylic acids is 1. The van der Waals surface area contributed by atoms with E-state index in [-0.39, 0.29) is 11.9 Å². The van der Waals surface area contributed by atoms with Crippen LogP contribution in [0.2, 0.25) is 5.02 Å². The molecule has 26 heavy (non-hydrogen) atoms. The average Bonchev–Trinajstić information content (AvgIpc) is 3.14. The Morgan fingerprint density at radius 1 is 1.00 bits per heavy atom. The summed E-state index contributed by atoms with van der Waals surface area (Å²) < 4.78 is 0. The molecule has 1 unspecified atom stereocenters. The molecule has 1 aliphatic rings. The molecule has 128 valence electrons. The molecule has 1 aromatic heterocycles. The number of rotatable bonds is 3. The fourth-order valence-electron chi connectivity index (χ4n) is 3.10. The second-order valence-electron chi connectivity index (χ2n) is 6.05. The molecule has 0 fully saturated rings. The van der Waals surface area contributed by atoms with Gasteiger partial charge in [0, 0.05) is 35.0 Å². The molecule has 2 heterocycles. The van der Waals surface area contributed by atoms with Crippen molar-refractivity contribution in [2.75, 3.05) is 0 Å². The van der Waals surface area contributed by atoms with Crippen LogP contribution in [0.5, 0.6) is 0 Å². The van der Waals surface area contributed by atoms with Crippen LogP contribution in [0.25, 0.3) is 0 Å². The lowest BCUT2D eigenvalue weighted by Crippen LogP contribution is -2.27. The van der Waals surface area contributed by atoms with E-state index in [2.05, 4.69) is 10.1 Å². The van der Waals surface area contributed by atoms with Crippen LogP contribution in [0.3, 0.4) is 0 Å². The van der Waals surface area contributed by atoms with Crippen molar-refractivity contribution in [1.29, 1.82) is 0 Å². The van der Waals surface area contributed by atoms with E-state index in [0.29, 0.717) is 17.0 Å². The molecule has 0 spiro atoms. The summed E-state index contributed by atoms with van der Waals surface area (Å²) in [7, 11) is 0. The van der Waals surface area contributed by atoms with Crippen molar-refractivity contribution >= 4 is 23.2 Å². The first kappa shape index (κ1) is 16.5. The van der Waals surface area contributed by atoms with Gasteiger partial charge < -0.3 is 0 Å². The van der Waals surface area contributed by atoms with E-state index in [1.54, 1.807) is 29.5 Å². The van der Waals surface area contributed by atoms with E-state index < -0.39 is 0 Å². The molecule has 1 aliphatic heterocycles. The molecule has 2 aromatic carbocycles. The summed E-state index contributed by atoms with van der Waals surface area (Å²) in [5, 5.41) is 6.82. The van der Waals surface area contributed by atoms with Crippen LogP contribution in [0.1, 0.15) is 33.9 Å². The fraction of sp³-hybridized carbons (Fsp3) is 0.0952. The number of hydrogen-bond acceptors (Lipinski definition) is 3. The highest BCUT2D eigenvalue weighted by Crippen LogP contribution is 2.34. The van der Waals surface area contributed by atoms with E-state index in [1.165, 1.54) is 0 Å². The molecule has 3 aromatic rings. The Labute approximate surface area is 156 Å². The first-order valence-corrected chi connectivity index (χ1v) is 8.73. The molecule has 4 rings (SSSR count). The number of aromatic nitrogens is 1. The van der Waals surface area contributed by atoms with E-state index in [4.69, 9.17) is 11.6 Å². The minimum Gasteiger partial charge on any atom is -0.267 e. The SMILES string of the molecule is O=C(c1ccccc1)N1N=C(c2ccccc2Cl)CC1c1cccnc1. The maximum Gasteiger partial charge on any atom is 0.274 e. The van der Waals surface area contributed by atoms with Crippen LogP contribution < -0.4 is 0 Å². The van der Waals surface area contributed by atoms with Gasteiger partial charge in [0.15, 0.2) is 0 Å². The predicted molar refractivity (Wildman–Crippen MR) is 102 cm³/mol. The van der Waals surface area contributed by atoms with Gasteiger partial charge >= 0.3 is 0 Å². The van der Waals surface area contributed by atoms with Crippen molar-refractivity contribution < 1.29 is 4.79 Å². The summed E-state index contributed by atoms with van der Waals surface area (Å²) in [5.74, 6) is -0.137. The van der Waals surface area contributed by atoms with Gasteiger partial charge in [0.05, 0.1) is 11.8 Å². The monoisotopic (exact) mass is 361 g/mol. The second kappa shape index (κ2) is 7.10. The van der Waals surface area contributed by atoms with E-state index >= 15 is 0 Å². The van der Waals surface area contributed by atoms with Gasteiger partial charge in [0.2, 0.25) is 0 Å². The van der Waals surface area contributed by atoms with Crippen molar-refractivity contribution in [2.45, 2.75) is 12.5 Å². The van der Waals surface area contributed by atoms with Crippen LogP contribution in [-0.4, -0.2) is 21.6 Å². The van der Waals surface area contributed by atoms with Gasteiger partial charge in [-0.05, 0) is 29.8 Å². The van der Waals surface area contributed by atoms with Gasteiger partial charge in [-0.25, -0.2) is 5.01 Å². The maximum absolute atomic E-state index is 13.1. The van der Waals surface area contributed by atoms with Crippen molar-refractivity contribution in [3.63, 3.8) is 0 Å². The largest absolute Gasteiger partial charge is 0.274 e. The average molecular weight is 362 g/mol. The first-order valence-electron chi connectivity index (χ1n) is 8.35. The standard InChI is InChI=1S/C21H16ClN3O/c22-18-11-5-4-10-17(18)19-13-20(16-9-6-12-23-14-16)25(24-19)21(26)15-7-2-1-3-8-15/h1-12,14,20H,13H2. The summed E-state index contributed by atoms with van der Waals surface area (Å²) in [6.07, 6.45) is 4.09. The number of nitrogens with zero attached hydrogens (tertiary/aromatic N) is 3. The summed E-state index contributed by atoms with van der Waals surface area (Å²) in [5.41, 5.74) is 3.20. The third kappa shape index (κ3) is 3.11. The third-order valence-corrected chi connectivity index (χ3v) is 4.72. The minimum absolute atomic E-state index is 0.137.